The summed E-state index contributed by atoms with van der Waals surface area (Å²) in [5, 5.41) is 18.3. The summed E-state index contributed by atoms with van der Waals surface area (Å²) in [6.07, 6.45) is -0.00644. The third kappa shape index (κ3) is 3.77. The molecule has 6 nitrogen and oxygen atoms in total. The van der Waals surface area contributed by atoms with E-state index < -0.39 is 11.6 Å². The molecule has 0 amide bonds. The van der Waals surface area contributed by atoms with Crippen LogP contribution < -0.4 is 11.5 Å². The number of carbonyl (C=O) groups is 1. The molecule has 17 heavy (non-hydrogen) atoms. The number of hydrogen-bond donors (Lipinski definition) is 4. The van der Waals surface area contributed by atoms with Crippen molar-refractivity contribution in [2.45, 2.75) is 12.1 Å². The van der Waals surface area contributed by atoms with Crippen LogP contribution in [0.25, 0.3) is 0 Å². The molecule has 1 aromatic carbocycles. The molecule has 1 aromatic rings. The largest absolute Gasteiger partial charge is 0.504 e. The van der Waals surface area contributed by atoms with Crippen LogP contribution in [0.1, 0.15) is 5.56 Å². The summed E-state index contributed by atoms with van der Waals surface area (Å²) in [4.78, 5) is 11.2. The number of rotatable bonds is 3. The Labute approximate surface area is 105 Å². The van der Waals surface area contributed by atoms with E-state index in [1.54, 1.807) is 0 Å². The van der Waals surface area contributed by atoms with Crippen LogP contribution in [0.2, 0.25) is 0 Å². The molecule has 0 saturated carbocycles. The Morgan fingerprint density at radius 1 is 1.35 bits per heavy atom. The van der Waals surface area contributed by atoms with Gasteiger partial charge in [0.15, 0.2) is 17.2 Å². The average Bonchev–Trinajstić information content (AvgIpc) is 2.22. The highest BCUT2D eigenvalue weighted by molar-refractivity contribution is 5.85. The molecule has 0 unspecified atom stereocenters. The maximum Gasteiger partial charge on any atom is 0.340 e. The third-order valence-electron chi connectivity index (χ3n) is 2.10. The van der Waals surface area contributed by atoms with Gasteiger partial charge in [-0.25, -0.2) is 4.79 Å². The standard InChI is InChI=1S/C10H14N2O4.ClH/c1-16-9(15)10(11,12)5-6-2-3-7(13)8(14)4-6;/h2-4,13-14H,5,11-12H2,1H3;1H. The molecule has 0 aliphatic heterocycles. The van der Waals surface area contributed by atoms with Crippen LogP contribution in [0, 0.1) is 0 Å². The van der Waals surface area contributed by atoms with Gasteiger partial charge in [0.2, 0.25) is 0 Å². The lowest BCUT2D eigenvalue weighted by Crippen LogP contribution is -2.58. The number of hydrogen-bond acceptors (Lipinski definition) is 6. The molecule has 0 saturated heterocycles. The molecule has 0 spiro atoms. The minimum Gasteiger partial charge on any atom is -0.504 e. The fourth-order valence-electron chi connectivity index (χ4n) is 1.28. The normalized spacial score (nSPS) is 10.5. The lowest BCUT2D eigenvalue weighted by atomic mass is 10.0. The van der Waals surface area contributed by atoms with Gasteiger partial charge in [0.25, 0.3) is 0 Å². The average molecular weight is 263 g/mol. The molecule has 7 heteroatoms. The minimum atomic E-state index is -1.65. The van der Waals surface area contributed by atoms with Gasteiger partial charge >= 0.3 is 5.97 Å². The summed E-state index contributed by atoms with van der Waals surface area (Å²) < 4.78 is 4.44. The van der Waals surface area contributed by atoms with Crippen molar-refractivity contribution in [2.24, 2.45) is 11.5 Å². The highest BCUT2D eigenvalue weighted by Crippen LogP contribution is 2.25. The van der Waals surface area contributed by atoms with Crippen LogP contribution in [-0.4, -0.2) is 29.0 Å². The lowest BCUT2D eigenvalue weighted by Gasteiger charge is -2.21. The zero-order chi connectivity index (χ0) is 12.3. The fourth-order valence-corrected chi connectivity index (χ4v) is 1.28. The Hall–Kier alpha value is -1.50. The number of halogens is 1. The maximum atomic E-state index is 11.2. The number of esters is 1. The monoisotopic (exact) mass is 262 g/mol. The highest BCUT2D eigenvalue weighted by atomic mass is 35.5. The molecule has 96 valence electrons. The van der Waals surface area contributed by atoms with E-state index >= 15 is 0 Å². The first-order chi connectivity index (χ1) is 7.36. The number of phenols is 2. The molecule has 0 atom stereocenters. The van der Waals surface area contributed by atoms with E-state index in [1.807, 2.05) is 0 Å². The van der Waals surface area contributed by atoms with Crippen LogP contribution in [0.4, 0.5) is 0 Å². The van der Waals surface area contributed by atoms with Gasteiger partial charge in [-0.3, -0.25) is 0 Å². The Balaban J connectivity index is 0.00000256. The van der Waals surface area contributed by atoms with Crippen molar-refractivity contribution in [3.05, 3.63) is 23.8 Å². The molecule has 1 rings (SSSR count). The summed E-state index contributed by atoms with van der Waals surface area (Å²) in [6, 6.07) is 4.08. The fraction of sp³-hybridized carbons (Fsp3) is 0.300. The molecule has 0 fully saturated rings. The van der Waals surface area contributed by atoms with Crippen LogP contribution in [-0.2, 0) is 16.0 Å². The first-order valence-electron chi connectivity index (χ1n) is 4.54. The molecular weight excluding hydrogens is 248 g/mol. The predicted molar refractivity (Wildman–Crippen MR) is 63.8 cm³/mol. The Bertz CT molecular complexity index is 409. The molecule has 0 aliphatic carbocycles. The predicted octanol–water partition coefficient (Wildman–Crippen LogP) is -0.151. The third-order valence-corrected chi connectivity index (χ3v) is 2.10. The topological polar surface area (TPSA) is 119 Å². The maximum absolute atomic E-state index is 11.2. The van der Waals surface area contributed by atoms with Gasteiger partial charge in [-0.05, 0) is 17.7 Å². The number of methoxy groups -OCH3 is 1. The summed E-state index contributed by atoms with van der Waals surface area (Å²) in [5.74, 6) is -1.29. The van der Waals surface area contributed by atoms with Crippen molar-refractivity contribution in [3.63, 3.8) is 0 Å². The van der Waals surface area contributed by atoms with Crippen molar-refractivity contribution in [3.8, 4) is 11.5 Å². The molecule has 6 N–H and O–H groups in total. The zero-order valence-corrected chi connectivity index (χ0v) is 10.0. The number of carbonyl (C=O) groups excluding carboxylic acids is 1. The molecule has 0 heterocycles. The number of benzene rings is 1. The summed E-state index contributed by atoms with van der Waals surface area (Å²) in [6.45, 7) is 0. The van der Waals surface area contributed by atoms with Crippen molar-refractivity contribution in [1.82, 2.24) is 0 Å². The van der Waals surface area contributed by atoms with E-state index in [1.165, 1.54) is 25.3 Å². The van der Waals surface area contributed by atoms with Gasteiger partial charge in [0.05, 0.1) is 7.11 Å². The zero-order valence-electron chi connectivity index (χ0n) is 9.21. The summed E-state index contributed by atoms with van der Waals surface area (Å²) >= 11 is 0. The van der Waals surface area contributed by atoms with Crippen LogP contribution in [0.3, 0.4) is 0 Å². The van der Waals surface area contributed by atoms with Gasteiger partial charge in [0.1, 0.15) is 0 Å². The van der Waals surface area contributed by atoms with Crippen LogP contribution in [0.5, 0.6) is 11.5 Å². The van der Waals surface area contributed by atoms with Gasteiger partial charge in [0, 0.05) is 6.42 Å². The molecule has 0 bridgehead atoms. The smallest absolute Gasteiger partial charge is 0.340 e. The van der Waals surface area contributed by atoms with Crippen molar-refractivity contribution in [2.75, 3.05) is 7.11 Å². The van der Waals surface area contributed by atoms with Gasteiger partial charge in [-0.15, -0.1) is 12.4 Å². The van der Waals surface area contributed by atoms with Crippen LogP contribution >= 0.6 is 12.4 Å². The Morgan fingerprint density at radius 3 is 2.41 bits per heavy atom. The lowest BCUT2D eigenvalue weighted by molar-refractivity contribution is -0.146. The first-order valence-corrected chi connectivity index (χ1v) is 4.54. The highest BCUT2D eigenvalue weighted by Gasteiger charge is 2.30. The van der Waals surface area contributed by atoms with E-state index in [0.717, 1.165) is 0 Å². The second kappa shape index (κ2) is 5.72. The van der Waals surface area contributed by atoms with E-state index in [-0.39, 0.29) is 30.3 Å². The quantitative estimate of drug-likeness (QED) is 0.342. The number of ether oxygens (including phenoxy) is 1. The van der Waals surface area contributed by atoms with Crippen molar-refractivity contribution >= 4 is 18.4 Å². The van der Waals surface area contributed by atoms with E-state index in [4.69, 9.17) is 16.6 Å². The van der Waals surface area contributed by atoms with Crippen molar-refractivity contribution in [1.29, 1.82) is 0 Å². The Morgan fingerprint density at radius 2 is 1.94 bits per heavy atom. The SMILES string of the molecule is COC(=O)C(N)(N)Cc1ccc(O)c(O)c1.Cl. The van der Waals surface area contributed by atoms with E-state index in [0.29, 0.717) is 5.56 Å². The van der Waals surface area contributed by atoms with Crippen molar-refractivity contribution < 1.29 is 19.7 Å². The molecule has 0 aromatic heterocycles. The van der Waals surface area contributed by atoms with Gasteiger partial charge < -0.3 is 26.4 Å². The van der Waals surface area contributed by atoms with E-state index in [2.05, 4.69) is 4.74 Å². The Kier molecular flexibility index (Phi) is 5.21. The summed E-state index contributed by atoms with van der Waals surface area (Å²) in [5.41, 5.74) is 9.96. The number of phenolic OH excluding ortho intramolecular Hbond substituents is 2. The minimum absolute atomic E-state index is 0. The molecule has 0 radical (unpaired) electrons. The van der Waals surface area contributed by atoms with Crippen LogP contribution in [0.15, 0.2) is 18.2 Å². The van der Waals surface area contributed by atoms with Gasteiger partial charge in [-0.1, -0.05) is 6.07 Å². The second-order valence-corrected chi connectivity index (χ2v) is 3.53. The second-order valence-electron chi connectivity index (χ2n) is 3.53. The first kappa shape index (κ1) is 15.5. The summed E-state index contributed by atoms with van der Waals surface area (Å²) in [7, 11) is 1.19. The van der Waals surface area contributed by atoms with E-state index in [9.17, 15) is 9.90 Å². The van der Waals surface area contributed by atoms with Gasteiger partial charge in [-0.2, -0.15) is 0 Å². The molecular formula is C10H15ClN2O4. The number of nitrogens with two attached hydrogens (primary N) is 2. The molecule has 0 aliphatic rings. The number of aromatic hydroxyl groups is 2.